The van der Waals surface area contributed by atoms with E-state index in [0.29, 0.717) is 6.08 Å². The first-order valence-corrected chi connectivity index (χ1v) is 10.7. The van der Waals surface area contributed by atoms with Gasteiger partial charge in [-0.1, -0.05) is 24.3 Å². The van der Waals surface area contributed by atoms with Gasteiger partial charge in [-0.15, -0.1) is 0 Å². The van der Waals surface area contributed by atoms with E-state index in [2.05, 4.69) is 0 Å². The van der Waals surface area contributed by atoms with Crippen LogP contribution in [0.4, 0.5) is 0 Å². The number of aliphatic hydroxyl groups is 4. The van der Waals surface area contributed by atoms with Gasteiger partial charge in [0, 0.05) is 6.42 Å². The second-order valence-corrected chi connectivity index (χ2v) is 8.63. The van der Waals surface area contributed by atoms with E-state index in [-0.39, 0.29) is 11.1 Å². The number of hydrogen-bond acceptors (Lipinski definition) is 11. The van der Waals surface area contributed by atoms with Crippen LogP contribution in [0.25, 0.3) is 12.2 Å². The Morgan fingerprint density at radius 1 is 0.784 bits per heavy atom. The van der Waals surface area contributed by atoms with Crippen LogP contribution in [0.1, 0.15) is 17.5 Å². The molecule has 1 fully saturated rings. The van der Waals surface area contributed by atoms with E-state index in [1.54, 1.807) is 0 Å². The summed E-state index contributed by atoms with van der Waals surface area (Å²) in [4.78, 5) is 37.7. The van der Waals surface area contributed by atoms with Gasteiger partial charge in [0.25, 0.3) is 0 Å². The van der Waals surface area contributed by atoms with Crippen LogP contribution in [0.15, 0.2) is 48.6 Å². The van der Waals surface area contributed by atoms with Crippen molar-refractivity contribution in [1.29, 1.82) is 0 Å². The average molecular weight is 516 g/mol. The van der Waals surface area contributed by atoms with Crippen LogP contribution < -0.4 is 0 Å². The zero-order valence-corrected chi connectivity index (χ0v) is 19.0. The van der Waals surface area contributed by atoms with Crippen LogP contribution in [0.5, 0.6) is 23.0 Å². The summed E-state index contributed by atoms with van der Waals surface area (Å²) in [5.41, 5.74) is -5.85. The maximum atomic E-state index is 13.0. The number of benzene rings is 2. The smallest absolute Gasteiger partial charge is 0.336 e. The molecule has 0 heterocycles. The summed E-state index contributed by atoms with van der Waals surface area (Å²) >= 11 is 0. The summed E-state index contributed by atoms with van der Waals surface area (Å²) in [7, 11) is 0. The topological polar surface area (TPSA) is 233 Å². The van der Waals surface area contributed by atoms with E-state index >= 15 is 0 Å². The summed E-state index contributed by atoms with van der Waals surface area (Å²) in [5, 5.41) is 90.5. The number of carboxylic acid groups (broad SMARTS) is 1. The Labute approximate surface area is 208 Å². The van der Waals surface area contributed by atoms with Crippen molar-refractivity contribution in [2.24, 2.45) is 5.92 Å². The molecule has 0 aromatic heterocycles. The van der Waals surface area contributed by atoms with Crippen LogP contribution in [-0.2, 0) is 14.4 Å². The molecule has 0 amide bonds. The molecule has 9 N–H and O–H groups in total. The maximum absolute atomic E-state index is 13.0. The van der Waals surface area contributed by atoms with Crippen molar-refractivity contribution in [2.45, 2.75) is 29.8 Å². The third kappa shape index (κ3) is 5.04. The van der Waals surface area contributed by atoms with Crippen molar-refractivity contribution in [3.8, 4) is 23.0 Å². The van der Waals surface area contributed by atoms with Crippen molar-refractivity contribution < 1.29 is 60.3 Å². The Morgan fingerprint density at radius 3 is 1.73 bits per heavy atom. The number of phenols is 4. The number of aliphatic carboxylic acids is 1. The predicted octanol–water partition coefficient (Wildman–Crippen LogP) is -0.338. The molecule has 1 aliphatic rings. The Bertz CT molecular complexity index is 1300. The predicted molar refractivity (Wildman–Crippen MR) is 125 cm³/mol. The highest BCUT2D eigenvalue weighted by Crippen LogP contribution is 2.42. The van der Waals surface area contributed by atoms with Gasteiger partial charge in [-0.2, -0.15) is 0 Å². The van der Waals surface area contributed by atoms with Crippen LogP contribution in [0.2, 0.25) is 0 Å². The molecule has 12 heteroatoms. The number of hydrogen-bond donors (Lipinski definition) is 9. The molecule has 1 saturated carbocycles. The van der Waals surface area contributed by atoms with Gasteiger partial charge in [0.15, 0.2) is 45.8 Å². The van der Waals surface area contributed by atoms with E-state index in [0.717, 1.165) is 42.5 Å². The molecule has 2 aromatic carbocycles. The molecule has 37 heavy (non-hydrogen) atoms. The van der Waals surface area contributed by atoms with Crippen LogP contribution in [0, 0.1) is 5.92 Å². The zero-order chi connectivity index (χ0) is 27.7. The van der Waals surface area contributed by atoms with Gasteiger partial charge in [-0.25, -0.2) is 4.79 Å². The first kappa shape index (κ1) is 27.4. The molecule has 3 unspecified atom stereocenters. The van der Waals surface area contributed by atoms with Crippen LogP contribution in [-0.4, -0.2) is 86.9 Å². The van der Waals surface area contributed by atoms with Gasteiger partial charge in [0.05, 0.1) is 12.0 Å². The van der Waals surface area contributed by atoms with Gasteiger partial charge < -0.3 is 46.0 Å². The van der Waals surface area contributed by atoms with E-state index in [1.807, 2.05) is 0 Å². The summed E-state index contributed by atoms with van der Waals surface area (Å²) in [6, 6.07) is 6.93. The van der Waals surface area contributed by atoms with Gasteiger partial charge in [0.1, 0.15) is 6.10 Å². The molecule has 0 radical (unpaired) electrons. The quantitative estimate of drug-likeness (QED) is 0.170. The number of ketones is 2. The third-order valence-corrected chi connectivity index (χ3v) is 6.23. The number of carbonyl (C=O) groups is 3. The van der Waals surface area contributed by atoms with E-state index < -0.39 is 76.3 Å². The molecular formula is C25H24O12. The maximum Gasteiger partial charge on any atom is 0.336 e. The largest absolute Gasteiger partial charge is 0.504 e. The van der Waals surface area contributed by atoms with Gasteiger partial charge in [-0.3, -0.25) is 9.59 Å². The van der Waals surface area contributed by atoms with Gasteiger partial charge >= 0.3 is 5.97 Å². The standard InChI is InChI=1S/C25H24O12/c26-14-5-1-12(9-17(14)29)3-7-16(28)21-22(33)25(37,20(32)11-24(21,36)23(34)35)19(31)8-4-13-2-6-15(27)18(30)10-13/h1-10,20-22,26-27,29-30,32-33,36-37H,11H2,(H,34,35)/b7-3+,8-4+/t20-,21?,22-,24?,25?/m1/s1. The number of allylic oxidation sites excluding steroid dienone is 1. The fourth-order valence-corrected chi connectivity index (χ4v) is 4.09. The second kappa shape index (κ2) is 10.0. The average Bonchev–Trinajstić information content (AvgIpc) is 2.83. The lowest BCUT2D eigenvalue weighted by molar-refractivity contribution is -0.233. The fraction of sp³-hybridized carbons (Fsp3) is 0.240. The number of aromatic hydroxyl groups is 4. The van der Waals surface area contributed by atoms with E-state index in [9.17, 15) is 60.3 Å². The first-order chi connectivity index (χ1) is 17.2. The lowest BCUT2D eigenvalue weighted by Gasteiger charge is -2.48. The molecule has 2 aromatic rings. The minimum absolute atomic E-state index is 0.166. The molecular weight excluding hydrogens is 492 g/mol. The van der Waals surface area contributed by atoms with Crippen molar-refractivity contribution in [3.05, 3.63) is 59.7 Å². The molecule has 12 nitrogen and oxygen atoms in total. The molecule has 0 bridgehead atoms. The molecule has 0 aliphatic heterocycles. The molecule has 0 saturated heterocycles. The minimum atomic E-state index is -3.11. The second-order valence-electron chi connectivity index (χ2n) is 8.63. The Balaban J connectivity index is 1.96. The number of carbonyl (C=O) groups excluding carboxylic acids is 2. The minimum Gasteiger partial charge on any atom is -0.504 e. The van der Waals surface area contributed by atoms with Gasteiger partial charge in [0.2, 0.25) is 0 Å². The summed E-state index contributed by atoms with van der Waals surface area (Å²) < 4.78 is 0. The van der Waals surface area contributed by atoms with Crippen molar-refractivity contribution in [1.82, 2.24) is 0 Å². The fourth-order valence-electron chi connectivity index (χ4n) is 4.09. The molecule has 5 atom stereocenters. The Morgan fingerprint density at radius 2 is 1.27 bits per heavy atom. The summed E-state index contributed by atoms with van der Waals surface area (Å²) in [5.74, 6) is -8.79. The SMILES string of the molecule is O=C(/C=C/c1ccc(O)c(O)c1)C1[C@@H](O)C(O)(C(=O)/C=C/c2ccc(O)c(O)c2)[C@H](O)CC1(O)C(=O)O. The number of aliphatic hydroxyl groups excluding tert-OH is 2. The molecule has 196 valence electrons. The van der Waals surface area contributed by atoms with Crippen molar-refractivity contribution >= 4 is 29.7 Å². The number of phenolic OH excluding ortho intramolecular Hbond substituents is 4. The Hall–Kier alpha value is -4.23. The van der Waals surface area contributed by atoms with E-state index in [4.69, 9.17) is 0 Å². The molecule has 0 spiro atoms. The monoisotopic (exact) mass is 516 g/mol. The summed E-state index contributed by atoms with van der Waals surface area (Å²) in [6.45, 7) is 0. The molecule has 3 rings (SSSR count). The van der Waals surface area contributed by atoms with Crippen LogP contribution >= 0.6 is 0 Å². The number of carboxylic acids is 1. The summed E-state index contributed by atoms with van der Waals surface area (Å²) in [6.07, 6.45) is -2.51. The molecule has 1 aliphatic carbocycles. The lowest BCUT2D eigenvalue weighted by atomic mass is 9.62. The highest BCUT2D eigenvalue weighted by atomic mass is 16.4. The van der Waals surface area contributed by atoms with Crippen LogP contribution in [0.3, 0.4) is 0 Å². The number of rotatable bonds is 7. The van der Waals surface area contributed by atoms with E-state index in [1.165, 1.54) is 12.1 Å². The first-order valence-electron chi connectivity index (χ1n) is 10.7. The Kier molecular flexibility index (Phi) is 7.41. The lowest BCUT2D eigenvalue weighted by Crippen LogP contribution is -2.72. The van der Waals surface area contributed by atoms with Gasteiger partial charge in [-0.05, 0) is 47.5 Å². The third-order valence-electron chi connectivity index (χ3n) is 6.23. The normalized spacial score (nSPS) is 27.9. The zero-order valence-electron chi connectivity index (χ0n) is 19.0. The highest BCUT2D eigenvalue weighted by Gasteiger charge is 2.66. The highest BCUT2D eigenvalue weighted by molar-refractivity contribution is 6.05. The van der Waals surface area contributed by atoms with Crippen molar-refractivity contribution in [3.63, 3.8) is 0 Å². The van der Waals surface area contributed by atoms with Crippen molar-refractivity contribution in [2.75, 3.05) is 0 Å².